The molecule has 1 aliphatic rings. The van der Waals surface area contributed by atoms with Crippen molar-refractivity contribution in [3.8, 4) is 11.3 Å². The zero-order chi connectivity index (χ0) is 24.2. The van der Waals surface area contributed by atoms with Gasteiger partial charge in [0.1, 0.15) is 6.04 Å². The van der Waals surface area contributed by atoms with Crippen LogP contribution in [0, 0.1) is 6.92 Å². The second-order valence-corrected chi connectivity index (χ2v) is 9.03. The number of hydrogen-bond donors (Lipinski definition) is 1. The van der Waals surface area contributed by atoms with E-state index in [-0.39, 0.29) is 5.91 Å². The molecule has 9 heteroatoms. The van der Waals surface area contributed by atoms with Gasteiger partial charge >= 0.3 is 0 Å². The molecule has 6 aromatic rings. The first-order chi connectivity index (χ1) is 17.7. The van der Waals surface area contributed by atoms with Crippen LogP contribution in [0.4, 0.5) is 0 Å². The van der Waals surface area contributed by atoms with Crippen molar-refractivity contribution in [3.05, 3.63) is 108 Å². The van der Waals surface area contributed by atoms with Crippen LogP contribution in [0.2, 0.25) is 0 Å². The summed E-state index contributed by atoms with van der Waals surface area (Å²) in [4.78, 5) is 28.1. The molecule has 1 N–H and O–H groups in total. The molecule has 0 aromatic carbocycles. The summed E-state index contributed by atoms with van der Waals surface area (Å²) in [5, 5.41) is 9.34. The Labute approximate surface area is 206 Å². The second-order valence-electron chi connectivity index (χ2n) is 9.03. The third-order valence-electron chi connectivity index (χ3n) is 6.91. The molecule has 0 spiro atoms. The van der Waals surface area contributed by atoms with Gasteiger partial charge in [-0.2, -0.15) is 10.2 Å². The fourth-order valence-electron chi connectivity index (χ4n) is 5.09. The molecule has 1 amide bonds. The Bertz CT molecular complexity index is 1750. The predicted octanol–water partition coefficient (Wildman–Crippen LogP) is 3.86. The minimum Gasteiger partial charge on any atom is -0.348 e. The fourth-order valence-corrected chi connectivity index (χ4v) is 5.09. The minimum absolute atomic E-state index is 0.0944. The van der Waals surface area contributed by atoms with Crippen LogP contribution >= 0.6 is 0 Å². The summed E-state index contributed by atoms with van der Waals surface area (Å²) < 4.78 is 3.60. The molecule has 9 nitrogen and oxygen atoms in total. The third-order valence-corrected chi connectivity index (χ3v) is 6.91. The van der Waals surface area contributed by atoms with Crippen molar-refractivity contribution in [1.29, 1.82) is 0 Å². The maximum Gasteiger partial charge on any atom is 0.258 e. The van der Waals surface area contributed by atoms with E-state index in [2.05, 4.69) is 39.1 Å². The summed E-state index contributed by atoms with van der Waals surface area (Å²) in [6.45, 7) is 2.61. The lowest BCUT2D eigenvalue weighted by molar-refractivity contribution is 0.0689. The third kappa shape index (κ3) is 3.13. The molecule has 176 valence electrons. The number of aryl methyl sites for hydroxylation is 1. The van der Waals surface area contributed by atoms with E-state index in [1.807, 2.05) is 58.2 Å². The summed E-state index contributed by atoms with van der Waals surface area (Å²) in [6.07, 6.45) is 9.63. The largest absolute Gasteiger partial charge is 0.348 e. The van der Waals surface area contributed by atoms with Crippen molar-refractivity contribution in [1.82, 2.24) is 39.1 Å². The number of amides is 1. The van der Waals surface area contributed by atoms with Crippen molar-refractivity contribution in [2.45, 2.75) is 19.4 Å². The van der Waals surface area contributed by atoms with E-state index in [1.165, 1.54) is 0 Å². The first-order valence-corrected chi connectivity index (χ1v) is 11.8. The number of imidazole rings is 1. The predicted molar refractivity (Wildman–Crippen MR) is 134 cm³/mol. The summed E-state index contributed by atoms with van der Waals surface area (Å²) in [7, 11) is 0. The molecule has 6 aromatic heterocycles. The van der Waals surface area contributed by atoms with Gasteiger partial charge in [-0.05, 0) is 48.9 Å². The highest BCUT2D eigenvalue weighted by atomic mass is 16.2. The number of pyridine rings is 3. The quantitative estimate of drug-likeness (QED) is 0.420. The topological polar surface area (TPSA) is 96.5 Å². The van der Waals surface area contributed by atoms with Gasteiger partial charge in [0.05, 0.1) is 46.2 Å². The van der Waals surface area contributed by atoms with Crippen molar-refractivity contribution in [2.75, 3.05) is 6.54 Å². The molecule has 0 aliphatic carbocycles. The maximum atomic E-state index is 14.0. The van der Waals surface area contributed by atoms with E-state index in [0.29, 0.717) is 18.5 Å². The molecule has 0 bridgehead atoms. The first kappa shape index (κ1) is 20.6. The van der Waals surface area contributed by atoms with Gasteiger partial charge < -0.3 is 9.88 Å². The van der Waals surface area contributed by atoms with Crippen LogP contribution in [0.5, 0.6) is 0 Å². The van der Waals surface area contributed by atoms with E-state index in [1.54, 1.807) is 23.2 Å². The summed E-state index contributed by atoms with van der Waals surface area (Å²) in [6, 6.07) is 15.4. The van der Waals surface area contributed by atoms with Crippen LogP contribution in [-0.2, 0) is 6.42 Å². The lowest BCUT2D eigenvalue weighted by Gasteiger charge is -2.33. The number of nitrogens with one attached hydrogen (secondary N) is 1. The van der Waals surface area contributed by atoms with Gasteiger partial charge in [0.2, 0.25) is 0 Å². The second kappa shape index (κ2) is 7.88. The molecule has 7 heterocycles. The van der Waals surface area contributed by atoms with Crippen molar-refractivity contribution >= 4 is 16.9 Å². The standard InChI is InChI=1S/C27H22N8O/c1-17-5-4-11-34-24(17)13-22(32-34)26-25-21(29-16-30-25)9-12-33(26)27(36)19-14-31-35-15-18(7-8-23(19)35)20-6-2-3-10-28-20/h2-8,10-11,13-16,26H,9,12H2,1H3,(H,29,30)/t26-/m1/s1. The molecular weight excluding hydrogens is 452 g/mol. The Morgan fingerprint density at radius 1 is 1.06 bits per heavy atom. The number of aromatic nitrogens is 7. The lowest BCUT2D eigenvalue weighted by atomic mass is 9.98. The highest BCUT2D eigenvalue weighted by molar-refractivity contribution is 6.01. The Morgan fingerprint density at radius 3 is 2.86 bits per heavy atom. The van der Waals surface area contributed by atoms with Gasteiger partial charge in [-0.1, -0.05) is 12.1 Å². The summed E-state index contributed by atoms with van der Waals surface area (Å²) in [5.41, 5.74) is 7.89. The Balaban J connectivity index is 1.31. The number of carbonyl (C=O) groups is 1. The Hall–Kier alpha value is -4.79. The van der Waals surface area contributed by atoms with E-state index >= 15 is 0 Å². The van der Waals surface area contributed by atoms with Crippen LogP contribution in [-0.4, -0.2) is 51.5 Å². The van der Waals surface area contributed by atoms with Crippen molar-refractivity contribution < 1.29 is 4.79 Å². The smallest absolute Gasteiger partial charge is 0.258 e. The molecule has 1 atom stereocenters. The van der Waals surface area contributed by atoms with Crippen LogP contribution in [0.1, 0.15) is 39.0 Å². The van der Waals surface area contributed by atoms with E-state index in [9.17, 15) is 4.79 Å². The number of rotatable bonds is 3. The van der Waals surface area contributed by atoms with E-state index in [4.69, 9.17) is 5.10 Å². The number of fused-ring (bicyclic) bond motifs is 3. The van der Waals surface area contributed by atoms with Gasteiger partial charge in [0.15, 0.2) is 0 Å². The molecule has 1 aliphatic heterocycles. The maximum absolute atomic E-state index is 14.0. The van der Waals surface area contributed by atoms with Crippen LogP contribution in [0.3, 0.4) is 0 Å². The Morgan fingerprint density at radius 2 is 2.00 bits per heavy atom. The summed E-state index contributed by atoms with van der Waals surface area (Å²) >= 11 is 0. The van der Waals surface area contributed by atoms with Gasteiger partial charge in [0.25, 0.3) is 5.91 Å². The van der Waals surface area contributed by atoms with Crippen LogP contribution < -0.4 is 0 Å². The van der Waals surface area contributed by atoms with E-state index in [0.717, 1.165) is 44.9 Å². The van der Waals surface area contributed by atoms with E-state index < -0.39 is 6.04 Å². The summed E-state index contributed by atoms with van der Waals surface area (Å²) in [5.74, 6) is -0.0944. The minimum atomic E-state index is -0.394. The molecule has 36 heavy (non-hydrogen) atoms. The molecule has 0 saturated heterocycles. The highest BCUT2D eigenvalue weighted by Gasteiger charge is 2.37. The number of H-pyrrole nitrogens is 1. The fraction of sp³-hybridized carbons (Fsp3) is 0.148. The highest BCUT2D eigenvalue weighted by Crippen LogP contribution is 2.35. The van der Waals surface area contributed by atoms with Gasteiger partial charge in [-0.25, -0.2) is 14.0 Å². The van der Waals surface area contributed by atoms with Gasteiger partial charge in [-0.15, -0.1) is 0 Å². The average Bonchev–Trinajstić information content (AvgIpc) is 3.66. The number of aromatic amines is 1. The molecule has 0 fully saturated rings. The SMILES string of the molecule is Cc1cccn2nc([C@@H]3c4nc[nH]c4CCN3C(=O)c3cnn4cc(-c5ccccn5)ccc34)cc12. The molecule has 0 saturated carbocycles. The number of nitrogens with zero attached hydrogens (tertiary/aromatic N) is 7. The van der Waals surface area contributed by atoms with Crippen LogP contribution in [0.15, 0.2) is 79.6 Å². The molecule has 0 radical (unpaired) electrons. The van der Waals surface area contributed by atoms with Crippen LogP contribution in [0.25, 0.3) is 22.3 Å². The average molecular weight is 475 g/mol. The van der Waals surface area contributed by atoms with Crippen molar-refractivity contribution in [3.63, 3.8) is 0 Å². The molecule has 0 unspecified atom stereocenters. The lowest BCUT2D eigenvalue weighted by Crippen LogP contribution is -2.41. The Kier molecular flexibility index (Phi) is 4.50. The van der Waals surface area contributed by atoms with Crippen molar-refractivity contribution in [2.24, 2.45) is 0 Å². The number of carbonyl (C=O) groups excluding carboxylic acids is 1. The van der Waals surface area contributed by atoms with Gasteiger partial charge in [-0.3, -0.25) is 9.78 Å². The normalized spacial score (nSPS) is 15.5. The molecular formula is C27H22N8O. The number of hydrogen-bond acceptors (Lipinski definition) is 5. The zero-order valence-corrected chi connectivity index (χ0v) is 19.5. The first-order valence-electron chi connectivity index (χ1n) is 11.8. The zero-order valence-electron chi connectivity index (χ0n) is 19.5. The molecule has 7 rings (SSSR count). The van der Waals surface area contributed by atoms with Gasteiger partial charge in [0, 0.05) is 42.8 Å². The monoisotopic (exact) mass is 474 g/mol.